The number of hydrogen-bond donors (Lipinski definition) is 0. The number of ether oxygens (including phenoxy) is 4. The van der Waals surface area contributed by atoms with E-state index >= 15 is 0 Å². The Balaban J connectivity index is 1.73. The van der Waals surface area contributed by atoms with Crippen molar-refractivity contribution in [2.75, 3.05) is 13.2 Å². The van der Waals surface area contributed by atoms with Gasteiger partial charge in [0.1, 0.15) is 11.5 Å². The molecule has 0 bridgehead atoms. The third-order valence-electron chi connectivity index (χ3n) is 6.89. The van der Waals surface area contributed by atoms with Crippen LogP contribution in [0.2, 0.25) is 0 Å². The predicted molar refractivity (Wildman–Crippen MR) is 157 cm³/mol. The van der Waals surface area contributed by atoms with Crippen LogP contribution in [0.5, 0.6) is 11.5 Å². The van der Waals surface area contributed by atoms with Crippen LogP contribution in [0.3, 0.4) is 0 Å². The Morgan fingerprint density at radius 2 is 1.00 bits per heavy atom. The van der Waals surface area contributed by atoms with Crippen LogP contribution in [0, 0.1) is 6.92 Å². The van der Waals surface area contributed by atoms with Crippen molar-refractivity contribution in [1.29, 1.82) is 0 Å². The summed E-state index contributed by atoms with van der Waals surface area (Å²) in [5.41, 5.74) is 0.986. The molecule has 0 aliphatic carbocycles. The Hall–Kier alpha value is -3.28. The molecule has 0 aliphatic heterocycles. The molecular formula is C33H44O6. The zero-order valence-corrected chi connectivity index (χ0v) is 23.9. The molecule has 0 N–H and O–H groups in total. The standard InChI is InChI=1S/C33H44O6/c1-4-6-8-10-12-16-22-36-32(34)38-30-26-18-14-15-19-27(26)31(29-24-25(3)20-21-28(29)30)39-33(35)37-23-17-13-11-9-7-5-2/h14-15,18-21,24H,4-13,16-17,22-23H2,1-3H3. The fourth-order valence-electron chi connectivity index (χ4n) is 4.73. The number of rotatable bonds is 16. The number of benzene rings is 3. The van der Waals surface area contributed by atoms with Gasteiger partial charge in [-0.15, -0.1) is 0 Å². The van der Waals surface area contributed by atoms with Crippen LogP contribution < -0.4 is 9.47 Å². The summed E-state index contributed by atoms with van der Waals surface area (Å²) in [5, 5.41) is 2.65. The van der Waals surface area contributed by atoms with Crippen molar-refractivity contribution in [3.05, 3.63) is 48.0 Å². The normalized spacial score (nSPS) is 11.1. The highest BCUT2D eigenvalue weighted by Gasteiger charge is 2.21. The lowest BCUT2D eigenvalue weighted by Gasteiger charge is -2.16. The number of fused-ring (bicyclic) bond motifs is 2. The number of aryl methyl sites for hydroxylation is 1. The van der Waals surface area contributed by atoms with E-state index in [0.717, 1.165) is 44.1 Å². The average molecular weight is 537 g/mol. The zero-order chi connectivity index (χ0) is 27.9. The molecule has 6 nitrogen and oxygen atoms in total. The van der Waals surface area contributed by atoms with Crippen LogP contribution in [-0.4, -0.2) is 25.5 Å². The Morgan fingerprint density at radius 3 is 1.51 bits per heavy atom. The predicted octanol–water partition coefficient (Wildman–Crippen LogP) is 10.1. The number of carbonyl (C=O) groups is 2. The molecule has 0 radical (unpaired) electrons. The summed E-state index contributed by atoms with van der Waals surface area (Å²) in [6, 6.07) is 13.2. The van der Waals surface area contributed by atoms with Crippen LogP contribution in [0.25, 0.3) is 21.5 Å². The summed E-state index contributed by atoms with van der Waals surface area (Å²) < 4.78 is 22.3. The molecule has 0 unspecified atom stereocenters. The van der Waals surface area contributed by atoms with Crippen molar-refractivity contribution < 1.29 is 28.5 Å². The minimum absolute atomic E-state index is 0.325. The third-order valence-corrected chi connectivity index (χ3v) is 6.89. The van der Waals surface area contributed by atoms with E-state index in [4.69, 9.17) is 18.9 Å². The Kier molecular flexibility index (Phi) is 12.9. The van der Waals surface area contributed by atoms with Gasteiger partial charge in [-0.1, -0.05) is 120 Å². The molecule has 0 aliphatic rings. The Labute approximate surface area is 233 Å². The maximum atomic E-state index is 12.7. The summed E-state index contributed by atoms with van der Waals surface area (Å²) >= 11 is 0. The summed E-state index contributed by atoms with van der Waals surface area (Å²) in [7, 11) is 0. The summed E-state index contributed by atoms with van der Waals surface area (Å²) in [5.74, 6) is 0.784. The molecule has 3 aromatic carbocycles. The van der Waals surface area contributed by atoms with Gasteiger partial charge < -0.3 is 18.9 Å². The molecule has 3 aromatic rings. The fourth-order valence-corrected chi connectivity index (χ4v) is 4.73. The van der Waals surface area contributed by atoms with E-state index in [1.165, 1.54) is 38.5 Å². The van der Waals surface area contributed by atoms with Crippen molar-refractivity contribution in [3.8, 4) is 11.5 Å². The minimum Gasteiger partial charge on any atom is -0.434 e. The number of carbonyl (C=O) groups excluding carboxylic acids is 2. The Morgan fingerprint density at radius 1 is 0.564 bits per heavy atom. The van der Waals surface area contributed by atoms with Gasteiger partial charge in [-0.25, -0.2) is 9.59 Å². The van der Waals surface area contributed by atoms with Gasteiger partial charge in [0, 0.05) is 21.5 Å². The lowest BCUT2D eigenvalue weighted by atomic mass is 9.99. The highest BCUT2D eigenvalue weighted by Crippen LogP contribution is 2.43. The minimum atomic E-state index is -0.734. The molecule has 212 valence electrons. The first kappa shape index (κ1) is 30.3. The van der Waals surface area contributed by atoms with Gasteiger partial charge in [-0.2, -0.15) is 0 Å². The van der Waals surface area contributed by atoms with E-state index in [0.29, 0.717) is 46.3 Å². The smallest absolute Gasteiger partial charge is 0.434 e. The maximum absolute atomic E-state index is 12.7. The zero-order valence-electron chi connectivity index (χ0n) is 23.9. The lowest BCUT2D eigenvalue weighted by Crippen LogP contribution is -2.14. The summed E-state index contributed by atoms with van der Waals surface area (Å²) in [6.45, 7) is 6.99. The molecule has 0 amide bonds. The highest BCUT2D eigenvalue weighted by molar-refractivity contribution is 6.12. The van der Waals surface area contributed by atoms with E-state index in [-0.39, 0.29) is 0 Å². The first-order valence-electron chi connectivity index (χ1n) is 14.7. The van der Waals surface area contributed by atoms with Crippen LogP contribution in [-0.2, 0) is 9.47 Å². The molecule has 0 saturated heterocycles. The van der Waals surface area contributed by atoms with Crippen molar-refractivity contribution in [3.63, 3.8) is 0 Å². The number of hydrogen-bond acceptors (Lipinski definition) is 6. The molecule has 39 heavy (non-hydrogen) atoms. The average Bonchev–Trinajstić information content (AvgIpc) is 2.93. The molecule has 0 saturated carbocycles. The number of unbranched alkanes of at least 4 members (excludes halogenated alkanes) is 10. The molecule has 0 heterocycles. The van der Waals surface area contributed by atoms with Gasteiger partial charge >= 0.3 is 12.3 Å². The second kappa shape index (κ2) is 16.6. The second-order valence-electron chi connectivity index (χ2n) is 10.2. The topological polar surface area (TPSA) is 71.1 Å². The highest BCUT2D eigenvalue weighted by atomic mass is 16.7. The monoisotopic (exact) mass is 536 g/mol. The van der Waals surface area contributed by atoms with Gasteiger partial charge in [-0.05, 0) is 25.8 Å². The first-order chi connectivity index (χ1) is 19.0. The fraction of sp³-hybridized carbons (Fsp3) is 0.515. The van der Waals surface area contributed by atoms with E-state index in [1.807, 2.05) is 49.4 Å². The van der Waals surface area contributed by atoms with Crippen molar-refractivity contribution >= 4 is 33.9 Å². The van der Waals surface area contributed by atoms with Crippen molar-refractivity contribution in [2.45, 2.75) is 97.8 Å². The van der Waals surface area contributed by atoms with E-state index in [1.54, 1.807) is 0 Å². The van der Waals surface area contributed by atoms with Crippen LogP contribution in [0.15, 0.2) is 42.5 Å². The van der Waals surface area contributed by atoms with E-state index < -0.39 is 12.3 Å². The summed E-state index contributed by atoms with van der Waals surface area (Å²) in [4.78, 5) is 25.3. The molecule has 0 aromatic heterocycles. The van der Waals surface area contributed by atoms with Crippen molar-refractivity contribution in [1.82, 2.24) is 0 Å². The van der Waals surface area contributed by atoms with Gasteiger partial charge in [0.15, 0.2) is 0 Å². The molecule has 6 heteroatoms. The SMILES string of the molecule is CCCCCCCCOC(=O)Oc1c2ccccc2c(OC(=O)OCCCCCCCC)c2cc(C)ccc12. The largest absolute Gasteiger partial charge is 0.513 e. The maximum Gasteiger partial charge on any atom is 0.513 e. The Bertz CT molecular complexity index is 1200. The quantitative estimate of drug-likeness (QED) is 0.0785. The molecule has 0 spiro atoms. The van der Waals surface area contributed by atoms with E-state index in [9.17, 15) is 9.59 Å². The molecule has 0 fully saturated rings. The van der Waals surface area contributed by atoms with Gasteiger partial charge in [0.2, 0.25) is 0 Å². The third kappa shape index (κ3) is 9.45. The van der Waals surface area contributed by atoms with E-state index in [2.05, 4.69) is 13.8 Å². The lowest BCUT2D eigenvalue weighted by molar-refractivity contribution is 0.0965. The van der Waals surface area contributed by atoms with Crippen molar-refractivity contribution in [2.24, 2.45) is 0 Å². The van der Waals surface area contributed by atoms with Crippen LogP contribution >= 0.6 is 0 Å². The summed E-state index contributed by atoms with van der Waals surface area (Å²) in [6.07, 6.45) is 11.8. The van der Waals surface area contributed by atoms with Gasteiger partial charge in [0.05, 0.1) is 13.2 Å². The van der Waals surface area contributed by atoms with Gasteiger partial charge in [-0.3, -0.25) is 0 Å². The van der Waals surface area contributed by atoms with Gasteiger partial charge in [0.25, 0.3) is 0 Å². The second-order valence-corrected chi connectivity index (χ2v) is 10.2. The molecular weight excluding hydrogens is 492 g/mol. The molecule has 3 rings (SSSR count). The van der Waals surface area contributed by atoms with Crippen LogP contribution in [0.4, 0.5) is 9.59 Å². The van der Waals surface area contributed by atoms with Crippen LogP contribution in [0.1, 0.15) is 96.5 Å². The molecule has 0 atom stereocenters. The first-order valence-corrected chi connectivity index (χ1v) is 14.7.